The minimum atomic E-state index is 0.733. The van der Waals surface area contributed by atoms with E-state index in [4.69, 9.17) is 0 Å². The van der Waals surface area contributed by atoms with Crippen LogP contribution in [0.3, 0.4) is 0 Å². The van der Waals surface area contributed by atoms with Crippen molar-refractivity contribution in [1.29, 1.82) is 0 Å². The highest BCUT2D eigenvalue weighted by Gasteiger charge is 2.00. The Balaban J connectivity index is 2.36. The van der Waals surface area contributed by atoms with Gasteiger partial charge in [0, 0.05) is 10.5 Å². The molecule has 0 amide bonds. The summed E-state index contributed by atoms with van der Waals surface area (Å²) in [6.45, 7) is 0. The standard InChI is InChI=1S/C13H10OS/c14-10-12(13-7-4-8-15-13)9-11-5-2-1-3-6-11/h1-10H/b12-9-. The molecule has 0 bridgehead atoms. The molecule has 0 spiro atoms. The van der Waals surface area contributed by atoms with Crippen molar-refractivity contribution in [3.8, 4) is 0 Å². The monoisotopic (exact) mass is 214 g/mol. The second-order valence-corrected chi connectivity index (χ2v) is 4.05. The number of hydrogen-bond donors (Lipinski definition) is 0. The third-order valence-corrected chi connectivity index (χ3v) is 2.97. The lowest BCUT2D eigenvalue weighted by Gasteiger charge is -1.96. The van der Waals surface area contributed by atoms with Crippen molar-refractivity contribution in [2.45, 2.75) is 0 Å². The Hall–Kier alpha value is -1.67. The summed E-state index contributed by atoms with van der Waals surface area (Å²) >= 11 is 1.58. The summed E-state index contributed by atoms with van der Waals surface area (Å²) in [5, 5.41) is 1.97. The summed E-state index contributed by atoms with van der Waals surface area (Å²) in [6, 6.07) is 13.7. The van der Waals surface area contributed by atoms with E-state index in [1.54, 1.807) is 11.3 Å². The molecule has 0 aliphatic carbocycles. The summed E-state index contributed by atoms with van der Waals surface area (Å²) < 4.78 is 0. The molecule has 1 aromatic heterocycles. The van der Waals surface area contributed by atoms with Gasteiger partial charge in [0.05, 0.1) is 0 Å². The van der Waals surface area contributed by atoms with Crippen LogP contribution in [0.1, 0.15) is 10.4 Å². The molecule has 0 aliphatic rings. The Kier molecular flexibility index (Phi) is 3.10. The van der Waals surface area contributed by atoms with Crippen LogP contribution in [0, 0.1) is 0 Å². The number of rotatable bonds is 3. The van der Waals surface area contributed by atoms with E-state index >= 15 is 0 Å². The molecule has 0 unspecified atom stereocenters. The minimum absolute atomic E-state index is 0.733. The molecule has 1 nitrogen and oxygen atoms in total. The molecule has 0 atom stereocenters. The van der Waals surface area contributed by atoms with E-state index in [0.717, 1.165) is 22.3 Å². The van der Waals surface area contributed by atoms with Crippen LogP contribution in [-0.2, 0) is 4.79 Å². The maximum Gasteiger partial charge on any atom is 0.151 e. The molecule has 0 N–H and O–H groups in total. The Labute approximate surface area is 92.7 Å². The Bertz CT molecular complexity index is 455. The lowest BCUT2D eigenvalue weighted by molar-refractivity contribution is -0.103. The third-order valence-electron chi connectivity index (χ3n) is 2.05. The van der Waals surface area contributed by atoms with Crippen molar-refractivity contribution < 1.29 is 4.79 Å². The highest BCUT2D eigenvalue weighted by atomic mass is 32.1. The number of benzene rings is 1. The molecule has 0 fully saturated rings. The Morgan fingerprint density at radius 3 is 2.47 bits per heavy atom. The minimum Gasteiger partial charge on any atom is -0.298 e. The average Bonchev–Trinajstić information content (AvgIpc) is 2.81. The molecule has 2 aromatic rings. The van der Waals surface area contributed by atoms with E-state index in [1.165, 1.54) is 0 Å². The third kappa shape index (κ3) is 2.42. The number of carbonyl (C=O) groups is 1. The number of thiophene rings is 1. The molecule has 2 heteroatoms. The van der Waals surface area contributed by atoms with Gasteiger partial charge in [-0.25, -0.2) is 0 Å². The van der Waals surface area contributed by atoms with Crippen molar-refractivity contribution >= 4 is 29.3 Å². The van der Waals surface area contributed by atoms with Gasteiger partial charge in [-0.05, 0) is 23.1 Å². The second-order valence-electron chi connectivity index (χ2n) is 3.11. The van der Waals surface area contributed by atoms with Gasteiger partial charge in [-0.15, -0.1) is 11.3 Å². The molecule has 0 saturated heterocycles. The molecule has 2 rings (SSSR count). The highest BCUT2D eigenvalue weighted by molar-refractivity contribution is 7.11. The lowest BCUT2D eigenvalue weighted by atomic mass is 10.1. The Morgan fingerprint density at radius 2 is 1.87 bits per heavy atom. The first-order valence-electron chi connectivity index (χ1n) is 4.66. The molecule has 0 saturated carbocycles. The van der Waals surface area contributed by atoms with Crippen LogP contribution in [-0.4, -0.2) is 6.29 Å². The fourth-order valence-corrected chi connectivity index (χ4v) is 2.04. The van der Waals surface area contributed by atoms with Crippen LogP contribution in [0.5, 0.6) is 0 Å². The fraction of sp³-hybridized carbons (Fsp3) is 0. The van der Waals surface area contributed by atoms with Crippen molar-refractivity contribution in [2.75, 3.05) is 0 Å². The maximum absolute atomic E-state index is 10.9. The summed E-state index contributed by atoms with van der Waals surface area (Å²) in [4.78, 5) is 12.0. The quantitative estimate of drug-likeness (QED) is 0.564. The Morgan fingerprint density at radius 1 is 1.07 bits per heavy atom. The van der Waals surface area contributed by atoms with Crippen molar-refractivity contribution in [2.24, 2.45) is 0 Å². The van der Waals surface area contributed by atoms with Gasteiger partial charge in [-0.2, -0.15) is 0 Å². The normalized spacial score (nSPS) is 11.3. The zero-order valence-electron chi connectivity index (χ0n) is 8.09. The predicted octanol–water partition coefficient (Wildman–Crippen LogP) is 3.49. The smallest absolute Gasteiger partial charge is 0.151 e. The van der Waals surface area contributed by atoms with Crippen LogP contribution in [0.4, 0.5) is 0 Å². The summed E-state index contributed by atoms with van der Waals surface area (Å²) in [5.74, 6) is 0. The number of allylic oxidation sites excluding steroid dienone is 1. The van der Waals surface area contributed by atoms with Crippen LogP contribution >= 0.6 is 11.3 Å². The average molecular weight is 214 g/mol. The molecule has 0 radical (unpaired) electrons. The SMILES string of the molecule is O=C/C(=C/c1ccccc1)c1cccs1. The van der Waals surface area contributed by atoms with Crippen molar-refractivity contribution in [3.05, 3.63) is 58.3 Å². The number of hydrogen-bond acceptors (Lipinski definition) is 2. The van der Waals surface area contributed by atoms with E-state index in [0.29, 0.717) is 0 Å². The van der Waals surface area contributed by atoms with E-state index in [9.17, 15) is 4.79 Å². The van der Waals surface area contributed by atoms with E-state index < -0.39 is 0 Å². The molecule has 1 aromatic carbocycles. The lowest BCUT2D eigenvalue weighted by Crippen LogP contribution is -1.81. The van der Waals surface area contributed by atoms with E-state index in [-0.39, 0.29) is 0 Å². The van der Waals surface area contributed by atoms with Gasteiger partial charge in [-0.3, -0.25) is 4.79 Å². The van der Waals surface area contributed by atoms with Crippen molar-refractivity contribution in [3.63, 3.8) is 0 Å². The first kappa shape index (κ1) is 9.87. The number of aldehydes is 1. The van der Waals surface area contributed by atoms with E-state index in [2.05, 4.69) is 0 Å². The van der Waals surface area contributed by atoms with Gasteiger partial charge in [0.1, 0.15) is 0 Å². The van der Waals surface area contributed by atoms with Gasteiger partial charge in [0.15, 0.2) is 6.29 Å². The van der Waals surface area contributed by atoms with E-state index in [1.807, 2.05) is 53.9 Å². The maximum atomic E-state index is 10.9. The van der Waals surface area contributed by atoms with Gasteiger partial charge >= 0.3 is 0 Å². The number of carbonyl (C=O) groups excluding carboxylic acids is 1. The largest absolute Gasteiger partial charge is 0.298 e. The van der Waals surface area contributed by atoms with Gasteiger partial charge in [0.25, 0.3) is 0 Å². The fourth-order valence-electron chi connectivity index (χ4n) is 1.33. The highest BCUT2D eigenvalue weighted by Crippen LogP contribution is 2.20. The second kappa shape index (κ2) is 4.71. The van der Waals surface area contributed by atoms with Gasteiger partial charge in [0.2, 0.25) is 0 Å². The van der Waals surface area contributed by atoms with Crippen LogP contribution in [0.25, 0.3) is 11.6 Å². The van der Waals surface area contributed by atoms with Crippen LogP contribution < -0.4 is 0 Å². The summed E-state index contributed by atoms with van der Waals surface area (Å²) in [6.07, 6.45) is 2.80. The first-order chi connectivity index (χ1) is 7.40. The molecule has 0 aliphatic heterocycles. The van der Waals surface area contributed by atoms with Crippen molar-refractivity contribution in [1.82, 2.24) is 0 Å². The van der Waals surface area contributed by atoms with Gasteiger partial charge < -0.3 is 0 Å². The molecular weight excluding hydrogens is 204 g/mol. The zero-order valence-corrected chi connectivity index (χ0v) is 8.91. The van der Waals surface area contributed by atoms with Crippen LogP contribution in [0.15, 0.2) is 47.8 Å². The summed E-state index contributed by atoms with van der Waals surface area (Å²) in [5.41, 5.74) is 1.78. The molecule has 74 valence electrons. The first-order valence-corrected chi connectivity index (χ1v) is 5.54. The molecular formula is C13H10OS. The summed E-state index contributed by atoms with van der Waals surface area (Å²) in [7, 11) is 0. The molecule has 15 heavy (non-hydrogen) atoms. The topological polar surface area (TPSA) is 17.1 Å². The van der Waals surface area contributed by atoms with Gasteiger partial charge in [-0.1, -0.05) is 36.4 Å². The molecule has 1 heterocycles. The zero-order chi connectivity index (χ0) is 10.5. The van der Waals surface area contributed by atoms with Crippen LogP contribution in [0.2, 0.25) is 0 Å². The predicted molar refractivity (Wildman–Crippen MR) is 64.7 cm³/mol.